The Morgan fingerprint density at radius 2 is 1.79 bits per heavy atom. The van der Waals surface area contributed by atoms with Gasteiger partial charge in [0.2, 0.25) is 0 Å². The fourth-order valence-corrected chi connectivity index (χ4v) is 2.93. The summed E-state index contributed by atoms with van der Waals surface area (Å²) in [4.78, 5) is 14.4. The van der Waals surface area contributed by atoms with Crippen molar-refractivity contribution in [1.29, 1.82) is 0 Å². The molecular weight excluding hydrogens is 254 g/mol. The molecule has 2 rings (SSSR count). The normalized spacial score (nSPS) is 10.8. The highest BCUT2D eigenvalue weighted by Crippen LogP contribution is 2.22. The predicted octanol–water partition coefficient (Wildman–Crippen LogP) is 4.74. The van der Waals surface area contributed by atoms with Crippen molar-refractivity contribution in [3.05, 3.63) is 51.2 Å². The van der Waals surface area contributed by atoms with Crippen molar-refractivity contribution in [3.8, 4) is 0 Å². The van der Waals surface area contributed by atoms with Gasteiger partial charge < -0.3 is 5.32 Å². The maximum atomic E-state index is 12.2. The van der Waals surface area contributed by atoms with Crippen molar-refractivity contribution in [3.63, 3.8) is 0 Å². The van der Waals surface area contributed by atoms with E-state index < -0.39 is 0 Å². The van der Waals surface area contributed by atoms with Gasteiger partial charge in [0.15, 0.2) is 0 Å². The van der Waals surface area contributed by atoms with Crippen molar-refractivity contribution in [1.82, 2.24) is 0 Å². The van der Waals surface area contributed by atoms with Crippen LogP contribution in [0.25, 0.3) is 0 Å². The number of amides is 1. The van der Waals surface area contributed by atoms with E-state index in [-0.39, 0.29) is 5.91 Å². The quantitative estimate of drug-likeness (QED) is 0.859. The Morgan fingerprint density at radius 1 is 1.16 bits per heavy atom. The van der Waals surface area contributed by atoms with Crippen LogP contribution in [-0.4, -0.2) is 5.91 Å². The first kappa shape index (κ1) is 13.8. The molecule has 0 saturated heterocycles. The maximum Gasteiger partial charge on any atom is 0.256 e. The molecule has 1 heterocycles. The molecule has 2 nitrogen and oxygen atoms in total. The van der Waals surface area contributed by atoms with E-state index in [2.05, 4.69) is 31.3 Å². The number of thiophene rings is 1. The lowest BCUT2D eigenvalue weighted by molar-refractivity contribution is 0.102. The summed E-state index contributed by atoms with van der Waals surface area (Å²) < 4.78 is 0. The van der Waals surface area contributed by atoms with E-state index in [4.69, 9.17) is 0 Å². The van der Waals surface area contributed by atoms with E-state index >= 15 is 0 Å². The molecule has 0 fully saturated rings. The van der Waals surface area contributed by atoms with Gasteiger partial charge in [-0.25, -0.2) is 0 Å². The molecule has 0 spiro atoms. The largest absolute Gasteiger partial charge is 0.322 e. The lowest BCUT2D eigenvalue weighted by Gasteiger charge is -2.08. The van der Waals surface area contributed by atoms with Crippen molar-refractivity contribution in [2.45, 2.75) is 33.6 Å². The van der Waals surface area contributed by atoms with Gasteiger partial charge in [-0.15, -0.1) is 11.3 Å². The molecule has 0 saturated carbocycles. The Morgan fingerprint density at radius 3 is 2.26 bits per heavy atom. The summed E-state index contributed by atoms with van der Waals surface area (Å²) in [7, 11) is 0. The molecule has 100 valence electrons. The summed E-state index contributed by atoms with van der Waals surface area (Å²) in [5.74, 6) is 0.477. The average Bonchev–Trinajstić information content (AvgIpc) is 2.69. The fourth-order valence-electron chi connectivity index (χ4n) is 2.01. The Balaban J connectivity index is 2.13. The van der Waals surface area contributed by atoms with E-state index in [1.54, 1.807) is 11.3 Å². The van der Waals surface area contributed by atoms with Crippen molar-refractivity contribution < 1.29 is 4.79 Å². The molecule has 0 unspecified atom stereocenters. The van der Waals surface area contributed by atoms with Crippen LogP contribution in [0.3, 0.4) is 0 Å². The number of nitrogens with one attached hydrogen (secondary N) is 1. The van der Waals surface area contributed by atoms with Crippen LogP contribution in [0.2, 0.25) is 0 Å². The molecule has 1 aromatic heterocycles. The molecule has 1 N–H and O–H groups in total. The molecular formula is C16H19NOS. The second kappa shape index (κ2) is 5.57. The lowest BCUT2D eigenvalue weighted by atomic mass is 10.0. The first-order chi connectivity index (χ1) is 8.97. The first-order valence-electron chi connectivity index (χ1n) is 6.45. The van der Waals surface area contributed by atoms with Crippen molar-refractivity contribution in [2.24, 2.45) is 0 Å². The highest BCUT2D eigenvalue weighted by molar-refractivity contribution is 7.12. The van der Waals surface area contributed by atoms with Gasteiger partial charge in [0.25, 0.3) is 5.91 Å². The van der Waals surface area contributed by atoms with Crippen molar-refractivity contribution >= 4 is 22.9 Å². The topological polar surface area (TPSA) is 29.1 Å². The van der Waals surface area contributed by atoms with Crippen LogP contribution in [0.4, 0.5) is 5.69 Å². The summed E-state index contributed by atoms with van der Waals surface area (Å²) in [5.41, 5.74) is 2.90. The number of rotatable bonds is 3. The average molecular weight is 273 g/mol. The summed E-state index contributed by atoms with van der Waals surface area (Å²) in [6.45, 7) is 8.32. The molecule has 0 aliphatic rings. The van der Waals surface area contributed by atoms with E-state index in [0.717, 1.165) is 21.0 Å². The fraction of sp³-hybridized carbons (Fsp3) is 0.312. The number of aryl methyl sites for hydroxylation is 2. The third kappa shape index (κ3) is 3.24. The molecule has 0 radical (unpaired) electrons. The number of benzene rings is 1. The number of hydrogen-bond donors (Lipinski definition) is 1. The first-order valence-corrected chi connectivity index (χ1v) is 7.27. The monoisotopic (exact) mass is 273 g/mol. The number of carbonyl (C=O) groups excluding carboxylic acids is 1. The summed E-state index contributed by atoms with van der Waals surface area (Å²) in [6, 6.07) is 9.99. The standard InChI is InChI=1S/C16H19NOS/c1-10(2)13-5-7-14(8-6-13)17-16(18)15-9-11(3)19-12(15)4/h5-10H,1-4H3,(H,17,18). The van der Waals surface area contributed by atoms with Crippen LogP contribution < -0.4 is 5.32 Å². The molecule has 2 aromatic rings. The zero-order chi connectivity index (χ0) is 14.0. The molecule has 0 bridgehead atoms. The third-order valence-corrected chi connectivity index (χ3v) is 4.09. The molecule has 1 aromatic carbocycles. The maximum absolute atomic E-state index is 12.2. The van der Waals surface area contributed by atoms with Gasteiger partial charge in [-0.1, -0.05) is 26.0 Å². The minimum absolute atomic E-state index is 0.0286. The van der Waals surface area contributed by atoms with E-state index in [1.807, 2.05) is 32.0 Å². The molecule has 0 aliphatic heterocycles. The smallest absolute Gasteiger partial charge is 0.256 e. The van der Waals surface area contributed by atoms with Gasteiger partial charge in [0.05, 0.1) is 5.56 Å². The Bertz CT molecular complexity index is 581. The highest BCUT2D eigenvalue weighted by Gasteiger charge is 2.12. The lowest BCUT2D eigenvalue weighted by Crippen LogP contribution is -2.11. The number of carbonyl (C=O) groups is 1. The van der Waals surface area contributed by atoms with Crippen LogP contribution in [-0.2, 0) is 0 Å². The minimum Gasteiger partial charge on any atom is -0.322 e. The van der Waals surface area contributed by atoms with Crippen molar-refractivity contribution in [2.75, 3.05) is 5.32 Å². The Hall–Kier alpha value is -1.61. The summed E-state index contributed by atoms with van der Waals surface area (Å²) >= 11 is 1.65. The molecule has 19 heavy (non-hydrogen) atoms. The van der Waals surface area contributed by atoms with Crippen LogP contribution in [0.15, 0.2) is 30.3 Å². The van der Waals surface area contributed by atoms with Crippen LogP contribution in [0.1, 0.15) is 45.4 Å². The SMILES string of the molecule is Cc1cc(C(=O)Nc2ccc(C(C)C)cc2)c(C)s1. The predicted molar refractivity (Wildman–Crippen MR) is 82.3 cm³/mol. The van der Waals surface area contributed by atoms with Gasteiger partial charge in [-0.2, -0.15) is 0 Å². The second-order valence-electron chi connectivity index (χ2n) is 5.06. The van der Waals surface area contributed by atoms with Crippen LogP contribution >= 0.6 is 11.3 Å². The zero-order valence-corrected chi connectivity index (χ0v) is 12.6. The highest BCUT2D eigenvalue weighted by atomic mass is 32.1. The van der Waals surface area contributed by atoms with Crippen LogP contribution in [0, 0.1) is 13.8 Å². The van der Waals surface area contributed by atoms with Gasteiger partial charge in [0.1, 0.15) is 0 Å². The van der Waals surface area contributed by atoms with Crippen LogP contribution in [0.5, 0.6) is 0 Å². The van der Waals surface area contributed by atoms with Gasteiger partial charge in [0, 0.05) is 15.4 Å². The van der Waals surface area contributed by atoms with E-state index in [0.29, 0.717) is 5.92 Å². The Kier molecular flexibility index (Phi) is 4.05. The number of hydrogen-bond acceptors (Lipinski definition) is 2. The van der Waals surface area contributed by atoms with Gasteiger partial charge in [-0.05, 0) is 43.5 Å². The summed E-state index contributed by atoms with van der Waals surface area (Å²) in [5, 5.41) is 2.95. The molecule has 0 aliphatic carbocycles. The number of anilines is 1. The Labute approximate surface area is 118 Å². The minimum atomic E-state index is -0.0286. The third-order valence-electron chi connectivity index (χ3n) is 3.12. The molecule has 0 atom stereocenters. The zero-order valence-electron chi connectivity index (χ0n) is 11.8. The van der Waals surface area contributed by atoms with Gasteiger partial charge >= 0.3 is 0 Å². The second-order valence-corrected chi connectivity index (χ2v) is 6.52. The summed E-state index contributed by atoms with van der Waals surface area (Å²) in [6.07, 6.45) is 0. The van der Waals surface area contributed by atoms with E-state index in [1.165, 1.54) is 5.56 Å². The van der Waals surface area contributed by atoms with Gasteiger partial charge in [-0.3, -0.25) is 4.79 Å². The van der Waals surface area contributed by atoms with E-state index in [9.17, 15) is 4.79 Å². The molecule has 3 heteroatoms. The molecule has 1 amide bonds.